The molecule has 5 heteroatoms. The van der Waals surface area contributed by atoms with Crippen LogP contribution >= 0.6 is 11.8 Å². The Kier molecular flexibility index (Phi) is 5.92. The Labute approximate surface area is 76.8 Å². The van der Waals surface area contributed by atoms with Gasteiger partial charge in [-0.25, -0.2) is 0 Å². The van der Waals surface area contributed by atoms with Crippen LogP contribution in [0.3, 0.4) is 0 Å². The topological polar surface area (TPSA) is 78.8 Å². The molecule has 0 aliphatic rings. The number of oxime groups is 1. The van der Waals surface area contributed by atoms with Crippen molar-refractivity contribution in [3.05, 3.63) is 0 Å². The molecule has 0 aliphatic heterocycles. The van der Waals surface area contributed by atoms with Gasteiger partial charge in [-0.05, 0) is 18.6 Å². The average Bonchev–Trinajstić information content (AvgIpc) is 2.11. The molecule has 0 heterocycles. The number of aliphatic hydroxyl groups is 1. The van der Waals surface area contributed by atoms with Crippen molar-refractivity contribution in [3.8, 4) is 0 Å². The fraction of sp³-hybridized carbons (Fsp3) is 0.857. The fourth-order valence-corrected chi connectivity index (χ4v) is 1.47. The number of hydrogen-bond acceptors (Lipinski definition) is 4. The average molecular weight is 192 g/mol. The lowest BCUT2D eigenvalue weighted by atomic mass is 10.2. The van der Waals surface area contributed by atoms with Crippen LogP contribution in [0.1, 0.15) is 13.8 Å². The molecule has 2 atom stereocenters. The summed E-state index contributed by atoms with van der Waals surface area (Å²) in [5, 5.41) is 20.0. The summed E-state index contributed by atoms with van der Waals surface area (Å²) in [6, 6.07) is 0. The minimum atomic E-state index is 0.00370. The standard InChI is InChI=1S/C7H16N2O2S/c1-5(3-10)4-12-6(2)7(8)9-11/h5-6,10-11H,3-4H2,1-2H3,(H2,8,9). The summed E-state index contributed by atoms with van der Waals surface area (Å²) in [4.78, 5) is 0. The molecule has 4 nitrogen and oxygen atoms in total. The molecule has 0 aliphatic carbocycles. The second kappa shape index (κ2) is 6.14. The van der Waals surface area contributed by atoms with Gasteiger partial charge in [0.2, 0.25) is 0 Å². The van der Waals surface area contributed by atoms with Crippen LogP contribution in [0.15, 0.2) is 5.16 Å². The Morgan fingerprint density at radius 2 is 2.17 bits per heavy atom. The Morgan fingerprint density at radius 3 is 2.58 bits per heavy atom. The van der Waals surface area contributed by atoms with Gasteiger partial charge in [0.25, 0.3) is 0 Å². The largest absolute Gasteiger partial charge is 0.409 e. The molecule has 0 amide bonds. The Bertz CT molecular complexity index is 152. The van der Waals surface area contributed by atoms with Gasteiger partial charge in [-0.2, -0.15) is 11.8 Å². The summed E-state index contributed by atoms with van der Waals surface area (Å²) < 4.78 is 0. The van der Waals surface area contributed by atoms with Crippen LogP contribution in [0.25, 0.3) is 0 Å². The van der Waals surface area contributed by atoms with Crippen molar-refractivity contribution in [2.75, 3.05) is 12.4 Å². The summed E-state index contributed by atoms with van der Waals surface area (Å²) in [6.45, 7) is 3.99. The molecule has 0 saturated heterocycles. The van der Waals surface area contributed by atoms with Crippen molar-refractivity contribution in [2.45, 2.75) is 19.1 Å². The number of nitrogens with two attached hydrogens (primary N) is 1. The Hall–Kier alpha value is -0.420. The van der Waals surface area contributed by atoms with E-state index in [9.17, 15) is 0 Å². The van der Waals surface area contributed by atoms with E-state index >= 15 is 0 Å². The third-order valence-electron chi connectivity index (χ3n) is 1.47. The van der Waals surface area contributed by atoms with Crippen LogP contribution in [0.2, 0.25) is 0 Å². The molecule has 0 aromatic rings. The van der Waals surface area contributed by atoms with Gasteiger partial charge in [0.15, 0.2) is 5.84 Å². The first-order chi connectivity index (χ1) is 5.61. The molecular weight excluding hydrogens is 176 g/mol. The molecule has 0 aromatic carbocycles. The van der Waals surface area contributed by atoms with Gasteiger partial charge in [-0.1, -0.05) is 12.1 Å². The summed E-state index contributed by atoms with van der Waals surface area (Å²) >= 11 is 1.57. The van der Waals surface area contributed by atoms with Crippen molar-refractivity contribution < 1.29 is 10.3 Å². The zero-order valence-corrected chi connectivity index (χ0v) is 8.21. The van der Waals surface area contributed by atoms with Crippen LogP contribution < -0.4 is 5.73 Å². The van der Waals surface area contributed by atoms with E-state index in [0.29, 0.717) is 0 Å². The quantitative estimate of drug-likeness (QED) is 0.256. The lowest BCUT2D eigenvalue weighted by Gasteiger charge is -2.11. The maximum atomic E-state index is 8.72. The third-order valence-corrected chi connectivity index (χ3v) is 2.98. The van der Waals surface area contributed by atoms with E-state index in [1.54, 1.807) is 11.8 Å². The number of nitrogens with zero attached hydrogens (tertiary/aromatic N) is 1. The molecule has 0 bridgehead atoms. The first-order valence-electron chi connectivity index (χ1n) is 3.81. The first-order valence-corrected chi connectivity index (χ1v) is 4.86. The first kappa shape index (κ1) is 11.6. The van der Waals surface area contributed by atoms with E-state index in [2.05, 4.69) is 5.16 Å². The van der Waals surface area contributed by atoms with Crippen molar-refractivity contribution in [1.29, 1.82) is 0 Å². The summed E-state index contributed by atoms with van der Waals surface area (Å²) in [7, 11) is 0. The molecule has 2 unspecified atom stereocenters. The number of amidine groups is 1. The van der Waals surface area contributed by atoms with Crippen molar-refractivity contribution >= 4 is 17.6 Å². The van der Waals surface area contributed by atoms with Gasteiger partial charge in [0.05, 0.1) is 5.25 Å². The second-order valence-corrected chi connectivity index (χ2v) is 4.16. The van der Waals surface area contributed by atoms with Crippen molar-refractivity contribution in [3.63, 3.8) is 0 Å². The van der Waals surface area contributed by atoms with Crippen LogP contribution in [0.4, 0.5) is 0 Å². The Morgan fingerprint density at radius 1 is 1.58 bits per heavy atom. The second-order valence-electron chi connectivity index (χ2n) is 2.79. The fourth-order valence-electron chi connectivity index (χ4n) is 0.528. The molecule has 0 aromatic heterocycles. The van der Waals surface area contributed by atoms with Crippen LogP contribution in [-0.4, -0.2) is 33.8 Å². The Balaban J connectivity index is 3.64. The van der Waals surface area contributed by atoms with Crippen LogP contribution in [-0.2, 0) is 0 Å². The van der Waals surface area contributed by atoms with Crippen molar-refractivity contribution in [1.82, 2.24) is 0 Å². The van der Waals surface area contributed by atoms with E-state index in [0.717, 1.165) is 5.75 Å². The lowest BCUT2D eigenvalue weighted by molar-refractivity contribution is 0.250. The monoisotopic (exact) mass is 192 g/mol. The van der Waals surface area contributed by atoms with E-state index in [1.807, 2.05) is 13.8 Å². The van der Waals surface area contributed by atoms with Gasteiger partial charge in [0.1, 0.15) is 0 Å². The SMILES string of the molecule is CC(CO)CSC(C)C(N)=NO. The highest BCUT2D eigenvalue weighted by Gasteiger charge is 2.09. The van der Waals surface area contributed by atoms with Gasteiger partial charge < -0.3 is 16.0 Å². The van der Waals surface area contributed by atoms with E-state index in [1.165, 1.54) is 0 Å². The van der Waals surface area contributed by atoms with Crippen LogP contribution in [0.5, 0.6) is 0 Å². The summed E-state index contributed by atoms with van der Waals surface area (Å²) in [5.74, 6) is 1.29. The molecule has 0 spiro atoms. The molecule has 0 saturated carbocycles. The van der Waals surface area contributed by atoms with Gasteiger partial charge in [-0.15, -0.1) is 0 Å². The summed E-state index contributed by atoms with van der Waals surface area (Å²) in [6.07, 6.45) is 0. The lowest BCUT2D eigenvalue weighted by Crippen LogP contribution is -2.24. The van der Waals surface area contributed by atoms with Crippen molar-refractivity contribution in [2.24, 2.45) is 16.8 Å². The number of thioether (sulfide) groups is 1. The van der Waals surface area contributed by atoms with Gasteiger partial charge in [0, 0.05) is 6.61 Å². The van der Waals surface area contributed by atoms with Gasteiger partial charge >= 0.3 is 0 Å². The normalized spacial score (nSPS) is 17.4. The van der Waals surface area contributed by atoms with E-state index in [-0.39, 0.29) is 23.6 Å². The van der Waals surface area contributed by atoms with E-state index in [4.69, 9.17) is 16.0 Å². The predicted molar refractivity (Wildman–Crippen MR) is 51.6 cm³/mol. The highest BCUT2D eigenvalue weighted by Crippen LogP contribution is 2.14. The molecule has 12 heavy (non-hydrogen) atoms. The molecule has 0 rings (SSSR count). The zero-order valence-electron chi connectivity index (χ0n) is 7.40. The minimum Gasteiger partial charge on any atom is -0.409 e. The number of hydrogen-bond donors (Lipinski definition) is 3. The third kappa shape index (κ3) is 4.46. The van der Waals surface area contributed by atoms with Crippen LogP contribution in [0, 0.1) is 5.92 Å². The molecular formula is C7H16N2O2S. The minimum absolute atomic E-state index is 0.00370. The molecule has 4 N–H and O–H groups in total. The number of aliphatic hydroxyl groups excluding tert-OH is 1. The maximum absolute atomic E-state index is 8.72. The highest BCUT2D eigenvalue weighted by atomic mass is 32.2. The smallest absolute Gasteiger partial charge is 0.151 e. The summed E-state index contributed by atoms with van der Waals surface area (Å²) in [5.41, 5.74) is 5.36. The maximum Gasteiger partial charge on any atom is 0.151 e. The highest BCUT2D eigenvalue weighted by molar-refractivity contribution is 8.00. The zero-order chi connectivity index (χ0) is 9.56. The number of rotatable bonds is 5. The molecule has 0 fully saturated rings. The predicted octanol–water partition coefficient (Wildman–Crippen LogP) is 0.483. The molecule has 0 radical (unpaired) electrons. The van der Waals surface area contributed by atoms with E-state index < -0.39 is 0 Å². The molecule has 72 valence electrons. The van der Waals surface area contributed by atoms with Gasteiger partial charge in [-0.3, -0.25) is 0 Å².